The van der Waals surface area contributed by atoms with Crippen molar-refractivity contribution in [2.75, 3.05) is 0 Å². The third kappa shape index (κ3) is 5.33. The molecule has 0 spiro atoms. The normalized spacial score (nSPS) is 11.2. The van der Waals surface area contributed by atoms with Crippen LogP contribution in [-0.4, -0.2) is 9.55 Å². The molecule has 2 heterocycles. The number of aromatic nitrogens is 3. The van der Waals surface area contributed by atoms with Gasteiger partial charge in [0.1, 0.15) is 17.6 Å². The number of hydrogen-bond acceptors (Lipinski definition) is 2. The van der Waals surface area contributed by atoms with E-state index in [-0.39, 0.29) is 24.0 Å². The summed E-state index contributed by atoms with van der Waals surface area (Å²) < 4.78 is 5.83. The summed E-state index contributed by atoms with van der Waals surface area (Å²) in [4.78, 5) is 5.31. The number of aryl methyl sites for hydroxylation is 1. The van der Waals surface area contributed by atoms with Crippen LogP contribution < -0.4 is 28.5 Å². The van der Waals surface area contributed by atoms with Crippen LogP contribution >= 0.6 is 11.3 Å². The van der Waals surface area contributed by atoms with Crippen LogP contribution in [0.3, 0.4) is 0 Å². The second kappa shape index (κ2) is 12.3. The van der Waals surface area contributed by atoms with Gasteiger partial charge in [-0.2, -0.15) is 4.57 Å². The average Bonchev–Trinajstić information content (AvgIpc) is 3.60. The highest BCUT2D eigenvalue weighted by Gasteiger charge is 2.22. The highest BCUT2D eigenvalue weighted by Crippen LogP contribution is 2.38. The van der Waals surface area contributed by atoms with Crippen LogP contribution in [0.5, 0.6) is 0 Å². The molecule has 0 bridgehead atoms. The van der Waals surface area contributed by atoms with Gasteiger partial charge >= 0.3 is 0 Å². The Hall–Kier alpha value is -4.33. The summed E-state index contributed by atoms with van der Waals surface area (Å²) in [6.07, 6.45) is 4.38. The van der Waals surface area contributed by atoms with Gasteiger partial charge in [0.25, 0.3) is 5.01 Å². The first-order chi connectivity index (χ1) is 20.3. The molecule has 204 valence electrons. The molecule has 42 heavy (non-hydrogen) atoms. The van der Waals surface area contributed by atoms with E-state index >= 15 is 0 Å². The van der Waals surface area contributed by atoms with Crippen molar-refractivity contribution >= 4 is 33.7 Å². The number of rotatable bonds is 6. The van der Waals surface area contributed by atoms with Crippen molar-refractivity contribution in [3.05, 3.63) is 150 Å². The Morgan fingerprint density at radius 3 is 1.88 bits per heavy atom. The fraction of sp³-hybridized carbons (Fsp3) is 0.0270. The SMILES string of the molecule is C[n+]1c(/C=C/c2ccc(-c3nc(-c4ccccc4)c(-c4ccccc4)n3-c3ccccc3)cc2)sc2ccccc21.[I-]. The second-order valence-corrected chi connectivity index (χ2v) is 11.0. The number of benzene rings is 5. The molecule has 0 fully saturated rings. The Kier molecular flexibility index (Phi) is 8.13. The zero-order chi connectivity index (χ0) is 27.6. The molecule has 0 saturated heterocycles. The number of fused-ring (bicyclic) bond motifs is 1. The highest BCUT2D eigenvalue weighted by molar-refractivity contribution is 7.18. The predicted molar refractivity (Wildman–Crippen MR) is 172 cm³/mol. The number of thiazole rings is 1. The molecule has 5 aromatic carbocycles. The maximum absolute atomic E-state index is 5.31. The van der Waals surface area contributed by atoms with Crippen molar-refractivity contribution in [1.29, 1.82) is 0 Å². The molecule has 0 N–H and O–H groups in total. The van der Waals surface area contributed by atoms with E-state index in [4.69, 9.17) is 4.98 Å². The first-order valence-corrected chi connectivity index (χ1v) is 14.5. The van der Waals surface area contributed by atoms with Gasteiger partial charge in [-0.05, 0) is 29.8 Å². The summed E-state index contributed by atoms with van der Waals surface area (Å²) in [5, 5.41) is 1.22. The molecule has 0 aliphatic rings. The van der Waals surface area contributed by atoms with Crippen LogP contribution in [0.1, 0.15) is 10.6 Å². The minimum atomic E-state index is 0. The Balaban J connectivity index is 0.00000316. The molecule has 0 aliphatic heterocycles. The topological polar surface area (TPSA) is 21.7 Å². The summed E-state index contributed by atoms with van der Waals surface area (Å²) in [5.74, 6) is 0.917. The molecule has 5 heteroatoms. The molecular formula is C37H28IN3S. The molecular weight excluding hydrogens is 645 g/mol. The molecule has 0 atom stereocenters. The monoisotopic (exact) mass is 673 g/mol. The Morgan fingerprint density at radius 1 is 0.619 bits per heavy atom. The molecule has 0 radical (unpaired) electrons. The lowest BCUT2D eigenvalue weighted by atomic mass is 10.0. The van der Waals surface area contributed by atoms with E-state index in [1.807, 2.05) is 6.07 Å². The van der Waals surface area contributed by atoms with Crippen LogP contribution in [0.25, 0.3) is 62.0 Å². The van der Waals surface area contributed by atoms with Crippen molar-refractivity contribution in [3.8, 4) is 39.6 Å². The maximum Gasteiger partial charge on any atom is 0.262 e. The molecule has 0 saturated carbocycles. The van der Waals surface area contributed by atoms with Crippen LogP contribution in [0, 0.1) is 0 Å². The third-order valence-electron chi connectivity index (χ3n) is 7.35. The summed E-state index contributed by atoms with van der Waals surface area (Å²) in [7, 11) is 2.12. The lowest BCUT2D eigenvalue weighted by Gasteiger charge is -2.14. The largest absolute Gasteiger partial charge is 1.00 e. The summed E-state index contributed by atoms with van der Waals surface area (Å²) in [5.41, 5.74) is 8.83. The molecule has 3 nitrogen and oxygen atoms in total. The molecule has 0 unspecified atom stereocenters. The summed E-state index contributed by atoms with van der Waals surface area (Å²) in [6, 6.07) is 48.8. The van der Waals surface area contributed by atoms with Crippen LogP contribution in [0.15, 0.2) is 140 Å². The van der Waals surface area contributed by atoms with E-state index in [0.29, 0.717) is 0 Å². The van der Waals surface area contributed by atoms with Crippen molar-refractivity contribution in [1.82, 2.24) is 9.55 Å². The zero-order valence-electron chi connectivity index (χ0n) is 23.1. The van der Waals surface area contributed by atoms with E-state index in [2.05, 4.69) is 162 Å². The van der Waals surface area contributed by atoms with Gasteiger partial charge in [-0.3, -0.25) is 4.57 Å². The fourth-order valence-corrected chi connectivity index (χ4v) is 6.33. The lowest BCUT2D eigenvalue weighted by molar-refractivity contribution is -0.642. The quantitative estimate of drug-likeness (QED) is 0.155. The number of nitrogens with zero attached hydrogens (tertiary/aromatic N) is 3. The van der Waals surface area contributed by atoms with E-state index < -0.39 is 0 Å². The molecule has 2 aromatic heterocycles. The van der Waals surface area contributed by atoms with Crippen molar-refractivity contribution in [3.63, 3.8) is 0 Å². The Morgan fingerprint density at radius 2 is 1.21 bits per heavy atom. The van der Waals surface area contributed by atoms with E-state index in [0.717, 1.165) is 45.2 Å². The van der Waals surface area contributed by atoms with Crippen molar-refractivity contribution in [2.45, 2.75) is 0 Å². The lowest BCUT2D eigenvalue weighted by Crippen LogP contribution is -3.00. The Labute approximate surface area is 267 Å². The third-order valence-corrected chi connectivity index (χ3v) is 8.53. The number of halogens is 1. The molecule has 0 aliphatic carbocycles. The highest BCUT2D eigenvalue weighted by atomic mass is 127. The predicted octanol–water partition coefficient (Wildman–Crippen LogP) is 6.09. The van der Waals surface area contributed by atoms with Crippen LogP contribution in [0.2, 0.25) is 0 Å². The Bertz CT molecular complexity index is 1970. The molecule has 7 aromatic rings. The van der Waals surface area contributed by atoms with E-state index in [1.54, 1.807) is 11.3 Å². The second-order valence-electron chi connectivity index (χ2n) is 9.96. The first kappa shape index (κ1) is 27.8. The minimum absolute atomic E-state index is 0. The van der Waals surface area contributed by atoms with Crippen molar-refractivity contribution < 1.29 is 28.5 Å². The van der Waals surface area contributed by atoms with Gasteiger partial charge < -0.3 is 24.0 Å². The molecule has 7 rings (SSSR count). The minimum Gasteiger partial charge on any atom is -1.00 e. The smallest absolute Gasteiger partial charge is 0.262 e. The first-order valence-electron chi connectivity index (χ1n) is 13.7. The van der Waals surface area contributed by atoms with Gasteiger partial charge in [0.2, 0.25) is 5.52 Å². The van der Waals surface area contributed by atoms with Gasteiger partial charge in [0.05, 0.1) is 11.4 Å². The van der Waals surface area contributed by atoms with Gasteiger partial charge in [-0.1, -0.05) is 127 Å². The fourth-order valence-electron chi connectivity index (χ4n) is 5.28. The maximum atomic E-state index is 5.31. The van der Waals surface area contributed by atoms with Crippen LogP contribution in [-0.2, 0) is 7.05 Å². The zero-order valence-corrected chi connectivity index (χ0v) is 26.0. The standard InChI is InChI=1S/C37H28N3S.HI/c1-39-32-19-11-12-20-33(32)41-34(39)26-23-27-21-24-30(25-22-27)37-38-35(28-13-5-2-6-14-28)36(29-15-7-3-8-16-29)40(37)31-17-9-4-10-18-31;/h2-26H,1H3;1H/q+1;/p-1. The van der Waals surface area contributed by atoms with E-state index in [1.165, 1.54) is 15.2 Å². The number of hydrogen-bond donors (Lipinski definition) is 0. The van der Waals surface area contributed by atoms with E-state index in [9.17, 15) is 0 Å². The number of para-hydroxylation sites is 2. The van der Waals surface area contributed by atoms with Gasteiger partial charge in [-0.15, -0.1) is 0 Å². The average molecular weight is 674 g/mol. The van der Waals surface area contributed by atoms with Crippen molar-refractivity contribution in [2.24, 2.45) is 7.05 Å². The molecule has 0 amide bonds. The summed E-state index contributed by atoms with van der Waals surface area (Å²) >= 11 is 1.81. The van der Waals surface area contributed by atoms with Gasteiger partial charge in [-0.25, -0.2) is 4.98 Å². The van der Waals surface area contributed by atoms with Crippen LogP contribution in [0.4, 0.5) is 0 Å². The number of imidazole rings is 1. The van der Waals surface area contributed by atoms with Gasteiger partial charge in [0, 0.05) is 34.5 Å². The summed E-state index contributed by atoms with van der Waals surface area (Å²) in [6.45, 7) is 0. The van der Waals surface area contributed by atoms with Gasteiger partial charge in [0.15, 0.2) is 0 Å².